The molecule has 0 spiro atoms. The number of hydrogen-bond acceptors (Lipinski definition) is 4. The molecule has 0 radical (unpaired) electrons. The number of nitrogens with one attached hydrogen (secondary N) is 1. The third kappa shape index (κ3) is 3.41. The van der Waals surface area contributed by atoms with Crippen LogP contribution in [0.2, 0.25) is 0 Å². The molecule has 2 aromatic heterocycles. The zero-order valence-electron chi connectivity index (χ0n) is 10.1. The Morgan fingerprint density at radius 2 is 2.22 bits per heavy atom. The number of aromatic carboxylic acids is 1. The fourth-order valence-corrected chi connectivity index (χ4v) is 3.35. The molecule has 0 amide bonds. The highest BCUT2D eigenvalue weighted by molar-refractivity contribution is 7.12. The Balaban J connectivity index is 1.87. The first-order chi connectivity index (χ1) is 8.66. The molecule has 2 heterocycles. The summed E-state index contributed by atoms with van der Waals surface area (Å²) in [5.74, 6) is -0.840. The molecule has 2 rings (SSSR count). The second kappa shape index (κ2) is 6.13. The molecule has 3 nitrogen and oxygen atoms in total. The summed E-state index contributed by atoms with van der Waals surface area (Å²) < 4.78 is 0. The van der Waals surface area contributed by atoms with E-state index < -0.39 is 5.97 Å². The average Bonchev–Trinajstić information content (AvgIpc) is 2.96. The predicted octanol–water partition coefficient (Wildman–Crippen LogP) is 3.23. The van der Waals surface area contributed by atoms with Crippen molar-refractivity contribution in [2.24, 2.45) is 0 Å². The van der Waals surface area contributed by atoms with Crippen molar-refractivity contribution in [2.75, 3.05) is 0 Å². The molecule has 0 saturated carbocycles. The highest BCUT2D eigenvalue weighted by atomic mass is 32.1. The second-order valence-corrected chi connectivity index (χ2v) is 6.09. The van der Waals surface area contributed by atoms with E-state index in [9.17, 15) is 4.79 Å². The summed E-state index contributed by atoms with van der Waals surface area (Å²) in [6.07, 6.45) is 0.976. The summed E-state index contributed by atoms with van der Waals surface area (Å²) >= 11 is 3.03. The maximum atomic E-state index is 11.0. The number of rotatable bonds is 6. The van der Waals surface area contributed by atoms with Crippen LogP contribution in [0.15, 0.2) is 29.0 Å². The van der Waals surface area contributed by atoms with Gasteiger partial charge in [-0.2, -0.15) is 0 Å². The van der Waals surface area contributed by atoms with Gasteiger partial charge in [-0.05, 0) is 41.8 Å². The highest BCUT2D eigenvalue weighted by Gasteiger charge is 2.12. The van der Waals surface area contributed by atoms with Crippen LogP contribution in [0.4, 0.5) is 0 Å². The third-order valence-corrected chi connectivity index (χ3v) is 4.51. The fraction of sp³-hybridized carbons (Fsp3) is 0.308. The minimum atomic E-state index is -0.840. The fourth-order valence-electron chi connectivity index (χ4n) is 1.75. The van der Waals surface area contributed by atoms with Crippen molar-refractivity contribution in [1.82, 2.24) is 5.32 Å². The summed E-state index contributed by atoms with van der Waals surface area (Å²) in [6, 6.07) is 6.38. The van der Waals surface area contributed by atoms with Crippen LogP contribution < -0.4 is 5.32 Å². The topological polar surface area (TPSA) is 49.3 Å². The molecule has 0 bridgehead atoms. The van der Waals surface area contributed by atoms with Gasteiger partial charge in [-0.25, -0.2) is 4.79 Å². The van der Waals surface area contributed by atoms with E-state index >= 15 is 0 Å². The number of thiophene rings is 2. The Labute approximate surface area is 114 Å². The molecule has 0 aromatic carbocycles. The molecule has 0 fully saturated rings. The van der Waals surface area contributed by atoms with E-state index in [4.69, 9.17) is 5.11 Å². The van der Waals surface area contributed by atoms with Crippen molar-refractivity contribution in [3.8, 4) is 0 Å². The van der Waals surface area contributed by atoms with Crippen LogP contribution in [0.25, 0.3) is 0 Å². The monoisotopic (exact) mass is 281 g/mol. The molecular weight excluding hydrogens is 266 g/mol. The molecule has 5 heteroatoms. The van der Waals surface area contributed by atoms with Crippen LogP contribution >= 0.6 is 22.7 Å². The van der Waals surface area contributed by atoms with Gasteiger partial charge in [0, 0.05) is 17.5 Å². The largest absolute Gasteiger partial charge is 0.477 e. The molecular formula is C13H15NO2S2. The maximum Gasteiger partial charge on any atom is 0.346 e. The van der Waals surface area contributed by atoms with Crippen LogP contribution in [0.3, 0.4) is 0 Å². The normalized spacial score (nSPS) is 12.5. The molecule has 0 aliphatic heterocycles. The SMILES string of the molecule is CC(Cc1cccs1)NCc1ccsc1C(=O)O. The maximum absolute atomic E-state index is 11.0. The molecule has 96 valence electrons. The first kappa shape index (κ1) is 13.3. The Hall–Kier alpha value is -1.17. The van der Waals surface area contributed by atoms with Gasteiger partial charge in [-0.15, -0.1) is 22.7 Å². The number of carbonyl (C=O) groups is 1. The Morgan fingerprint density at radius 1 is 1.39 bits per heavy atom. The summed E-state index contributed by atoms with van der Waals surface area (Å²) in [4.78, 5) is 12.8. The van der Waals surface area contributed by atoms with E-state index in [1.807, 2.05) is 17.5 Å². The van der Waals surface area contributed by atoms with E-state index in [1.165, 1.54) is 16.2 Å². The standard InChI is InChI=1S/C13H15NO2S2/c1-9(7-11-3-2-5-17-11)14-8-10-4-6-18-12(10)13(15)16/h2-6,9,14H,7-8H2,1H3,(H,15,16). The lowest BCUT2D eigenvalue weighted by molar-refractivity contribution is 0.0701. The van der Waals surface area contributed by atoms with E-state index in [1.54, 1.807) is 11.3 Å². The van der Waals surface area contributed by atoms with Crippen molar-refractivity contribution in [3.05, 3.63) is 44.3 Å². The van der Waals surface area contributed by atoms with Gasteiger partial charge in [0.2, 0.25) is 0 Å². The number of hydrogen-bond donors (Lipinski definition) is 2. The van der Waals surface area contributed by atoms with Crippen LogP contribution in [-0.2, 0) is 13.0 Å². The van der Waals surface area contributed by atoms with E-state index in [0.29, 0.717) is 17.5 Å². The minimum absolute atomic E-state index is 0.338. The number of carboxylic acid groups (broad SMARTS) is 1. The summed E-state index contributed by atoms with van der Waals surface area (Å²) in [5, 5.41) is 16.3. The molecule has 1 atom stereocenters. The van der Waals surface area contributed by atoms with Gasteiger partial charge in [0.05, 0.1) is 0 Å². The van der Waals surface area contributed by atoms with Crippen LogP contribution in [0.5, 0.6) is 0 Å². The van der Waals surface area contributed by atoms with Crippen LogP contribution in [-0.4, -0.2) is 17.1 Å². The Kier molecular flexibility index (Phi) is 4.52. The van der Waals surface area contributed by atoms with E-state index in [-0.39, 0.29) is 0 Å². The predicted molar refractivity (Wildman–Crippen MR) is 75.6 cm³/mol. The molecule has 2 N–H and O–H groups in total. The molecule has 0 aliphatic carbocycles. The van der Waals surface area contributed by atoms with Gasteiger partial charge >= 0.3 is 5.97 Å². The Morgan fingerprint density at radius 3 is 2.89 bits per heavy atom. The van der Waals surface area contributed by atoms with Crippen molar-refractivity contribution < 1.29 is 9.90 Å². The Bertz CT molecular complexity index is 505. The molecule has 2 aromatic rings. The lowest BCUT2D eigenvalue weighted by atomic mass is 10.2. The van der Waals surface area contributed by atoms with E-state index in [2.05, 4.69) is 23.7 Å². The van der Waals surface area contributed by atoms with E-state index in [0.717, 1.165) is 12.0 Å². The molecule has 1 unspecified atom stereocenters. The second-order valence-electron chi connectivity index (χ2n) is 4.15. The quantitative estimate of drug-likeness (QED) is 0.854. The lowest BCUT2D eigenvalue weighted by Gasteiger charge is -2.12. The smallest absolute Gasteiger partial charge is 0.346 e. The van der Waals surface area contributed by atoms with Crippen LogP contribution in [0, 0.1) is 0 Å². The number of carboxylic acids is 1. The van der Waals surface area contributed by atoms with Gasteiger partial charge in [0.15, 0.2) is 0 Å². The first-order valence-corrected chi connectivity index (χ1v) is 7.48. The lowest BCUT2D eigenvalue weighted by Crippen LogP contribution is -2.27. The van der Waals surface area contributed by atoms with Crippen LogP contribution in [0.1, 0.15) is 27.0 Å². The van der Waals surface area contributed by atoms with Gasteiger partial charge < -0.3 is 10.4 Å². The zero-order chi connectivity index (χ0) is 13.0. The third-order valence-electron chi connectivity index (χ3n) is 2.67. The van der Waals surface area contributed by atoms with Gasteiger partial charge in [0.1, 0.15) is 4.88 Å². The van der Waals surface area contributed by atoms with Crippen molar-refractivity contribution in [3.63, 3.8) is 0 Å². The van der Waals surface area contributed by atoms with Gasteiger partial charge in [0.25, 0.3) is 0 Å². The summed E-state index contributed by atoms with van der Waals surface area (Å²) in [6.45, 7) is 2.73. The zero-order valence-corrected chi connectivity index (χ0v) is 11.7. The summed E-state index contributed by atoms with van der Waals surface area (Å²) in [7, 11) is 0. The molecule has 0 aliphatic rings. The molecule has 0 saturated heterocycles. The first-order valence-electron chi connectivity index (χ1n) is 5.72. The average molecular weight is 281 g/mol. The highest BCUT2D eigenvalue weighted by Crippen LogP contribution is 2.17. The minimum Gasteiger partial charge on any atom is -0.477 e. The van der Waals surface area contributed by atoms with Crippen molar-refractivity contribution >= 4 is 28.6 Å². The van der Waals surface area contributed by atoms with Gasteiger partial charge in [-0.1, -0.05) is 6.07 Å². The van der Waals surface area contributed by atoms with Gasteiger partial charge in [-0.3, -0.25) is 0 Å². The molecule has 18 heavy (non-hydrogen) atoms. The van der Waals surface area contributed by atoms with Crippen molar-refractivity contribution in [1.29, 1.82) is 0 Å². The summed E-state index contributed by atoms with van der Waals surface area (Å²) in [5.41, 5.74) is 0.866. The van der Waals surface area contributed by atoms with Crippen molar-refractivity contribution in [2.45, 2.75) is 25.9 Å².